The second-order valence-corrected chi connectivity index (χ2v) is 9.11. The van der Waals surface area contributed by atoms with Gasteiger partial charge in [0, 0.05) is 38.3 Å². The van der Waals surface area contributed by atoms with Crippen molar-refractivity contribution in [1.29, 1.82) is 0 Å². The lowest BCUT2D eigenvalue weighted by Gasteiger charge is -2.15. The van der Waals surface area contributed by atoms with Gasteiger partial charge >= 0.3 is 0 Å². The molecule has 2 aromatic carbocycles. The quantitative estimate of drug-likeness (QED) is 0.501. The van der Waals surface area contributed by atoms with Crippen molar-refractivity contribution in [2.75, 3.05) is 19.4 Å². The lowest BCUT2D eigenvalue weighted by atomic mass is 10.1. The number of benzene rings is 2. The largest absolute Gasteiger partial charge is 0.377 e. The molecule has 0 aromatic heterocycles. The van der Waals surface area contributed by atoms with E-state index in [-0.39, 0.29) is 28.7 Å². The summed E-state index contributed by atoms with van der Waals surface area (Å²) in [5.41, 5.74) is 0.777. The number of carbonyl (C=O) groups excluding carboxylic acids is 1. The van der Waals surface area contributed by atoms with E-state index >= 15 is 0 Å². The molecule has 1 amide bonds. The molecule has 0 spiro atoms. The molecule has 154 valence electrons. The maximum atomic E-state index is 12.5. The highest BCUT2D eigenvalue weighted by Gasteiger charge is 2.26. The van der Waals surface area contributed by atoms with E-state index < -0.39 is 20.9 Å². The Morgan fingerprint density at radius 3 is 2.52 bits per heavy atom. The molecular weight excluding hydrogens is 396 g/mol. The molecule has 3 rings (SSSR count). The van der Waals surface area contributed by atoms with E-state index in [9.17, 15) is 23.3 Å². The van der Waals surface area contributed by atoms with E-state index in [0.717, 1.165) is 17.1 Å². The van der Waals surface area contributed by atoms with Gasteiger partial charge in [-0.15, -0.1) is 0 Å². The van der Waals surface area contributed by atoms with Crippen LogP contribution in [0.1, 0.15) is 28.8 Å². The van der Waals surface area contributed by atoms with E-state index in [1.54, 1.807) is 18.2 Å². The van der Waals surface area contributed by atoms with Gasteiger partial charge in [0.05, 0.1) is 9.82 Å². The van der Waals surface area contributed by atoms with Crippen molar-refractivity contribution in [2.24, 2.45) is 0 Å². The summed E-state index contributed by atoms with van der Waals surface area (Å²) >= 11 is 0. The molecule has 0 saturated heterocycles. The molecule has 1 fully saturated rings. The standard InChI is InChI=1S/C19H22N4O5S/c1-22(2)29(27,28)18-6-4-3-5-14(18)12-20-19(24)13-7-10-16(21-15-8-9-15)17(11-13)23(25)26/h3-7,10-11,15,21H,8-9,12H2,1-2H3,(H,20,24). The van der Waals surface area contributed by atoms with Gasteiger partial charge in [-0.3, -0.25) is 14.9 Å². The summed E-state index contributed by atoms with van der Waals surface area (Å²) in [6, 6.07) is 10.9. The summed E-state index contributed by atoms with van der Waals surface area (Å²) in [7, 11) is -0.802. The number of sulfonamides is 1. The molecule has 2 aromatic rings. The fourth-order valence-electron chi connectivity index (χ4n) is 2.77. The minimum absolute atomic E-state index is 0.0298. The summed E-state index contributed by atoms with van der Waals surface area (Å²) in [5.74, 6) is -0.525. The van der Waals surface area contributed by atoms with E-state index in [0.29, 0.717) is 11.3 Å². The minimum atomic E-state index is -3.66. The maximum Gasteiger partial charge on any atom is 0.293 e. The lowest BCUT2D eigenvalue weighted by Crippen LogP contribution is -2.27. The molecule has 1 aliphatic rings. The molecule has 10 heteroatoms. The predicted molar refractivity (Wildman–Crippen MR) is 108 cm³/mol. The molecule has 2 N–H and O–H groups in total. The van der Waals surface area contributed by atoms with E-state index in [1.807, 2.05) is 0 Å². The summed E-state index contributed by atoms with van der Waals surface area (Å²) in [6.07, 6.45) is 1.93. The van der Waals surface area contributed by atoms with Crippen LogP contribution >= 0.6 is 0 Å². The highest BCUT2D eigenvalue weighted by molar-refractivity contribution is 7.89. The summed E-state index contributed by atoms with van der Waals surface area (Å²) < 4.78 is 26.0. The molecule has 0 unspecified atom stereocenters. The van der Waals surface area contributed by atoms with Crippen LogP contribution in [-0.2, 0) is 16.6 Å². The van der Waals surface area contributed by atoms with Gasteiger partial charge < -0.3 is 10.6 Å². The number of nitrogens with one attached hydrogen (secondary N) is 2. The van der Waals surface area contributed by atoms with Gasteiger partial charge in [0.2, 0.25) is 10.0 Å². The van der Waals surface area contributed by atoms with Gasteiger partial charge in [0.15, 0.2) is 0 Å². The Morgan fingerprint density at radius 2 is 1.90 bits per heavy atom. The van der Waals surface area contributed by atoms with E-state index in [1.165, 1.54) is 38.4 Å². The zero-order chi connectivity index (χ0) is 21.2. The number of anilines is 1. The molecular formula is C19H22N4O5S. The normalized spacial score (nSPS) is 13.9. The van der Waals surface area contributed by atoms with Crippen LogP contribution in [0.3, 0.4) is 0 Å². The third kappa shape index (κ3) is 4.72. The Kier molecular flexibility index (Phi) is 5.85. The Bertz CT molecular complexity index is 1050. The van der Waals surface area contributed by atoms with Crippen molar-refractivity contribution in [1.82, 2.24) is 9.62 Å². The zero-order valence-corrected chi connectivity index (χ0v) is 16.9. The van der Waals surface area contributed by atoms with Crippen molar-refractivity contribution in [3.63, 3.8) is 0 Å². The van der Waals surface area contributed by atoms with Crippen molar-refractivity contribution >= 4 is 27.3 Å². The monoisotopic (exact) mass is 418 g/mol. The van der Waals surface area contributed by atoms with Crippen molar-refractivity contribution in [3.05, 3.63) is 63.7 Å². The van der Waals surface area contributed by atoms with Crippen molar-refractivity contribution in [2.45, 2.75) is 30.3 Å². The number of nitro benzene ring substituents is 1. The topological polar surface area (TPSA) is 122 Å². The molecule has 1 aliphatic carbocycles. The maximum absolute atomic E-state index is 12.5. The Labute approximate surface area is 168 Å². The molecule has 0 aliphatic heterocycles. The smallest absolute Gasteiger partial charge is 0.293 e. The molecule has 29 heavy (non-hydrogen) atoms. The van der Waals surface area contributed by atoms with Gasteiger partial charge in [-0.1, -0.05) is 18.2 Å². The fraction of sp³-hybridized carbons (Fsp3) is 0.316. The molecule has 1 saturated carbocycles. The van der Waals surface area contributed by atoms with Crippen LogP contribution in [0.2, 0.25) is 0 Å². The van der Waals surface area contributed by atoms with Crippen molar-refractivity contribution < 1.29 is 18.1 Å². The Balaban J connectivity index is 1.78. The fourth-order valence-corrected chi connectivity index (χ4v) is 3.88. The van der Waals surface area contributed by atoms with Crippen LogP contribution < -0.4 is 10.6 Å². The van der Waals surface area contributed by atoms with Crippen LogP contribution in [0.4, 0.5) is 11.4 Å². The minimum Gasteiger partial charge on any atom is -0.377 e. The molecule has 0 bridgehead atoms. The second-order valence-electron chi connectivity index (χ2n) is 6.99. The van der Waals surface area contributed by atoms with Crippen LogP contribution in [0.5, 0.6) is 0 Å². The zero-order valence-electron chi connectivity index (χ0n) is 16.1. The van der Waals surface area contributed by atoms with Crippen LogP contribution in [-0.4, -0.2) is 43.7 Å². The number of hydrogen-bond donors (Lipinski definition) is 2. The summed E-state index contributed by atoms with van der Waals surface area (Å²) in [4.78, 5) is 23.4. The van der Waals surface area contributed by atoms with E-state index in [4.69, 9.17) is 0 Å². The summed E-state index contributed by atoms with van der Waals surface area (Å²) in [6.45, 7) is -0.0298. The first kappa shape index (κ1) is 20.7. The lowest BCUT2D eigenvalue weighted by molar-refractivity contribution is -0.384. The SMILES string of the molecule is CN(C)S(=O)(=O)c1ccccc1CNC(=O)c1ccc(NC2CC2)c([N+](=O)[O-])c1. The highest BCUT2D eigenvalue weighted by Crippen LogP contribution is 2.31. The number of carbonyl (C=O) groups is 1. The number of hydrogen-bond acceptors (Lipinski definition) is 6. The second kappa shape index (κ2) is 8.18. The predicted octanol–water partition coefficient (Wildman–Crippen LogP) is 2.35. The third-order valence-corrected chi connectivity index (χ3v) is 6.48. The number of nitrogens with zero attached hydrogens (tertiary/aromatic N) is 2. The van der Waals surface area contributed by atoms with Crippen molar-refractivity contribution in [3.8, 4) is 0 Å². The van der Waals surface area contributed by atoms with Gasteiger partial charge in [0.1, 0.15) is 5.69 Å². The molecule has 0 heterocycles. The molecule has 9 nitrogen and oxygen atoms in total. The van der Waals surface area contributed by atoms with Gasteiger partial charge in [0.25, 0.3) is 11.6 Å². The highest BCUT2D eigenvalue weighted by atomic mass is 32.2. The van der Waals surface area contributed by atoms with Gasteiger partial charge in [-0.05, 0) is 36.6 Å². The van der Waals surface area contributed by atoms with Crippen LogP contribution in [0.25, 0.3) is 0 Å². The Morgan fingerprint density at radius 1 is 1.21 bits per heavy atom. The number of amides is 1. The average Bonchev–Trinajstić information content (AvgIpc) is 3.50. The van der Waals surface area contributed by atoms with E-state index in [2.05, 4.69) is 10.6 Å². The first-order valence-corrected chi connectivity index (χ1v) is 10.5. The first-order chi connectivity index (χ1) is 13.7. The number of rotatable bonds is 8. The van der Waals surface area contributed by atoms with Crippen LogP contribution in [0, 0.1) is 10.1 Å². The first-order valence-electron chi connectivity index (χ1n) is 9.04. The molecule has 0 atom stereocenters. The third-order valence-electron chi connectivity index (χ3n) is 4.56. The molecule has 0 radical (unpaired) electrons. The van der Waals surface area contributed by atoms with Gasteiger partial charge in [-0.2, -0.15) is 0 Å². The summed E-state index contributed by atoms with van der Waals surface area (Å²) in [5, 5.41) is 17.1. The Hall–Kier alpha value is -2.98. The number of nitro groups is 1. The average molecular weight is 418 g/mol. The van der Waals surface area contributed by atoms with Crippen LogP contribution in [0.15, 0.2) is 47.4 Å². The van der Waals surface area contributed by atoms with Gasteiger partial charge in [-0.25, -0.2) is 12.7 Å².